The normalized spacial score (nSPS) is 10.4. The van der Waals surface area contributed by atoms with Crippen molar-refractivity contribution < 1.29 is 14.6 Å². The minimum Gasteiger partial charge on any atom is -0.462 e. The number of esters is 1. The third-order valence-corrected chi connectivity index (χ3v) is 3.36. The molecule has 2 aromatic carbocycles. The van der Waals surface area contributed by atoms with Crippen molar-refractivity contribution in [1.29, 1.82) is 0 Å². The van der Waals surface area contributed by atoms with Crippen LogP contribution in [0, 0.1) is 0 Å². The van der Waals surface area contributed by atoms with Gasteiger partial charge in [-0.25, -0.2) is 4.79 Å². The number of aliphatic hydroxyl groups excluding tert-OH is 1. The van der Waals surface area contributed by atoms with Gasteiger partial charge < -0.3 is 9.84 Å². The van der Waals surface area contributed by atoms with Crippen molar-refractivity contribution in [3.63, 3.8) is 0 Å². The zero-order valence-corrected chi connectivity index (χ0v) is 12.2. The number of benzene rings is 2. The average Bonchev–Trinajstić information content (AvgIpc) is 2.50. The van der Waals surface area contributed by atoms with Gasteiger partial charge in [0.1, 0.15) is 0 Å². The Morgan fingerprint density at radius 1 is 1.05 bits per heavy atom. The first-order valence-corrected chi connectivity index (χ1v) is 7.18. The Morgan fingerprint density at radius 2 is 1.71 bits per heavy atom. The highest BCUT2D eigenvalue weighted by Crippen LogP contribution is 2.16. The molecule has 0 heterocycles. The van der Waals surface area contributed by atoms with E-state index >= 15 is 0 Å². The van der Waals surface area contributed by atoms with Crippen LogP contribution in [0.15, 0.2) is 48.5 Å². The monoisotopic (exact) mass is 284 g/mol. The molecule has 0 fully saturated rings. The fourth-order valence-corrected chi connectivity index (χ4v) is 2.29. The zero-order valence-electron chi connectivity index (χ0n) is 12.2. The van der Waals surface area contributed by atoms with Crippen molar-refractivity contribution in [2.45, 2.75) is 19.8 Å². The van der Waals surface area contributed by atoms with E-state index in [0.29, 0.717) is 18.6 Å². The Bertz CT molecular complexity index is 588. The lowest BCUT2D eigenvalue weighted by molar-refractivity contribution is 0.0526. The summed E-state index contributed by atoms with van der Waals surface area (Å²) in [5, 5.41) is 9.11. The van der Waals surface area contributed by atoms with E-state index < -0.39 is 0 Å². The molecule has 0 bridgehead atoms. The summed E-state index contributed by atoms with van der Waals surface area (Å²) in [7, 11) is 0. The van der Waals surface area contributed by atoms with Crippen molar-refractivity contribution in [1.82, 2.24) is 0 Å². The molecule has 0 saturated heterocycles. The number of carbonyl (C=O) groups excluding carboxylic acids is 1. The minimum atomic E-state index is -0.287. The van der Waals surface area contributed by atoms with E-state index in [1.807, 2.05) is 30.3 Å². The Morgan fingerprint density at radius 3 is 2.33 bits per heavy atom. The van der Waals surface area contributed by atoms with E-state index in [2.05, 4.69) is 6.07 Å². The minimum absolute atomic E-state index is 0.152. The SMILES string of the molecule is CCOC(=O)c1ccc(Cc2ccccc2CCO)cc1. The summed E-state index contributed by atoms with van der Waals surface area (Å²) in [4.78, 5) is 11.6. The molecule has 0 saturated carbocycles. The number of rotatable bonds is 6. The highest BCUT2D eigenvalue weighted by molar-refractivity contribution is 5.89. The second kappa shape index (κ2) is 7.60. The molecule has 0 aliphatic rings. The van der Waals surface area contributed by atoms with Crippen molar-refractivity contribution >= 4 is 5.97 Å². The van der Waals surface area contributed by atoms with Crippen LogP contribution in [0.5, 0.6) is 0 Å². The van der Waals surface area contributed by atoms with Crippen molar-refractivity contribution in [3.8, 4) is 0 Å². The largest absolute Gasteiger partial charge is 0.462 e. The molecule has 0 spiro atoms. The first-order valence-electron chi connectivity index (χ1n) is 7.18. The molecule has 0 aromatic heterocycles. The van der Waals surface area contributed by atoms with Crippen LogP contribution >= 0.6 is 0 Å². The van der Waals surface area contributed by atoms with Crippen LogP contribution in [0.3, 0.4) is 0 Å². The summed E-state index contributed by atoms with van der Waals surface area (Å²) in [5.41, 5.74) is 4.07. The second-order valence-electron chi connectivity index (χ2n) is 4.84. The zero-order chi connectivity index (χ0) is 15.1. The molecule has 0 radical (unpaired) electrons. The number of carbonyl (C=O) groups is 1. The maximum Gasteiger partial charge on any atom is 0.338 e. The van der Waals surface area contributed by atoms with E-state index in [9.17, 15) is 4.79 Å². The van der Waals surface area contributed by atoms with Crippen molar-refractivity contribution in [3.05, 3.63) is 70.8 Å². The maximum absolute atomic E-state index is 11.6. The summed E-state index contributed by atoms with van der Waals surface area (Å²) in [6.45, 7) is 2.33. The summed E-state index contributed by atoms with van der Waals surface area (Å²) in [6, 6.07) is 15.6. The number of hydrogen-bond acceptors (Lipinski definition) is 3. The first-order chi connectivity index (χ1) is 10.2. The standard InChI is InChI=1S/C18H20O3/c1-2-21-18(20)16-9-7-14(8-10-16)13-17-6-4-3-5-15(17)11-12-19/h3-10,19H,2,11-13H2,1H3. The van der Waals surface area contributed by atoms with Gasteiger partial charge in [0.05, 0.1) is 12.2 Å². The van der Waals surface area contributed by atoms with E-state index in [0.717, 1.165) is 17.5 Å². The van der Waals surface area contributed by atoms with Gasteiger partial charge in [-0.05, 0) is 48.6 Å². The molecular formula is C18H20O3. The van der Waals surface area contributed by atoms with Gasteiger partial charge in [0.25, 0.3) is 0 Å². The molecule has 3 nitrogen and oxygen atoms in total. The average molecular weight is 284 g/mol. The lowest BCUT2D eigenvalue weighted by atomic mass is 9.97. The highest BCUT2D eigenvalue weighted by atomic mass is 16.5. The van der Waals surface area contributed by atoms with Crippen LogP contribution in [0.1, 0.15) is 34.0 Å². The van der Waals surface area contributed by atoms with Gasteiger partial charge >= 0.3 is 5.97 Å². The topological polar surface area (TPSA) is 46.5 Å². The number of ether oxygens (including phenoxy) is 1. The Balaban J connectivity index is 2.12. The van der Waals surface area contributed by atoms with Gasteiger partial charge in [-0.15, -0.1) is 0 Å². The summed E-state index contributed by atoms with van der Waals surface area (Å²) in [5.74, 6) is -0.287. The van der Waals surface area contributed by atoms with Crippen LogP contribution in [0.25, 0.3) is 0 Å². The Kier molecular flexibility index (Phi) is 5.52. The van der Waals surface area contributed by atoms with Gasteiger partial charge in [-0.2, -0.15) is 0 Å². The molecule has 0 unspecified atom stereocenters. The summed E-state index contributed by atoms with van der Waals surface area (Å²) in [6.07, 6.45) is 1.45. The quantitative estimate of drug-likeness (QED) is 0.829. The van der Waals surface area contributed by atoms with Gasteiger partial charge in [-0.1, -0.05) is 36.4 Å². The van der Waals surface area contributed by atoms with Crippen LogP contribution in [-0.2, 0) is 17.6 Å². The van der Waals surface area contributed by atoms with Crippen LogP contribution < -0.4 is 0 Å². The molecule has 21 heavy (non-hydrogen) atoms. The van der Waals surface area contributed by atoms with Crippen LogP contribution in [0.2, 0.25) is 0 Å². The Labute approximate surface area is 125 Å². The lowest BCUT2D eigenvalue weighted by Gasteiger charge is -2.09. The predicted octanol–water partition coefficient (Wildman–Crippen LogP) is 2.99. The summed E-state index contributed by atoms with van der Waals surface area (Å²) >= 11 is 0. The fraction of sp³-hybridized carbons (Fsp3) is 0.278. The van der Waals surface area contributed by atoms with E-state index in [1.54, 1.807) is 19.1 Å². The summed E-state index contributed by atoms with van der Waals surface area (Å²) < 4.78 is 4.97. The third kappa shape index (κ3) is 4.17. The molecule has 3 heteroatoms. The van der Waals surface area contributed by atoms with E-state index in [-0.39, 0.29) is 12.6 Å². The predicted molar refractivity (Wildman–Crippen MR) is 82.4 cm³/mol. The fourth-order valence-electron chi connectivity index (χ4n) is 2.29. The van der Waals surface area contributed by atoms with E-state index in [4.69, 9.17) is 9.84 Å². The van der Waals surface area contributed by atoms with Gasteiger partial charge in [0.15, 0.2) is 0 Å². The molecule has 2 rings (SSSR count). The van der Waals surface area contributed by atoms with Gasteiger partial charge in [0, 0.05) is 6.61 Å². The van der Waals surface area contributed by atoms with Crippen molar-refractivity contribution in [2.24, 2.45) is 0 Å². The second-order valence-corrected chi connectivity index (χ2v) is 4.84. The lowest BCUT2D eigenvalue weighted by Crippen LogP contribution is -2.04. The number of hydrogen-bond donors (Lipinski definition) is 1. The Hall–Kier alpha value is -2.13. The molecule has 1 N–H and O–H groups in total. The third-order valence-electron chi connectivity index (χ3n) is 3.36. The van der Waals surface area contributed by atoms with Gasteiger partial charge in [-0.3, -0.25) is 0 Å². The highest BCUT2D eigenvalue weighted by Gasteiger charge is 2.07. The van der Waals surface area contributed by atoms with Crippen LogP contribution in [0.4, 0.5) is 0 Å². The number of aliphatic hydroxyl groups is 1. The molecule has 0 aliphatic heterocycles. The smallest absolute Gasteiger partial charge is 0.338 e. The molecule has 110 valence electrons. The van der Waals surface area contributed by atoms with E-state index in [1.165, 1.54) is 5.56 Å². The molecule has 0 aliphatic carbocycles. The first kappa shape index (κ1) is 15.3. The van der Waals surface area contributed by atoms with Crippen molar-refractivity contribution in [2.75, 3.05) is 13.2 Å². The van der Waals surface area contributed by atoms with Crippen LogP contribution in [-0.4, -0.2) is 24.3 Å². The maximum atomic E-state index is 11.6. The molecule has 0 amide bonds. The van der Waals surface area contributed by atoms with Gasteiger partial charge in [0.2, 0.25) is 0 Å². The molecule has 0 atom stereocenters. The molecule has 2 aromatic rings. The molecular weight excluding hydrogens is 264 g/mol.